The lowest BCUT2D eigenvalue weighted by molar-refractivity contribution is -0.104. The lowest BCUT2D eigenvalue weighted by Gasteiger charge is -1.37. The average molecular weight is 88.1 g/mol. The minimum atomic E-state index is 0.639. The molecule has 0 saturated heterocycles. The van der Waals surface area contributed by atoms with Crippen LogP contribution in [-0.2, 0) is 4.79 Å². The summed E-state index contributed by atoms with van der Waals surface area (Å²) in [6, 6.07) is 0. The molecule has 0 heterocycles. The minimum absolute atomic E-state index is 0.639. The Hall–Kier alpha value is -0.670. The van der Waals surface area contributed by atoms with E-state index in [9.17, 15) is 0 Å². The van der Waals surface area contributed by atoms with E-state index in [-0.39, 0.29) is 0 Å². The number of rotatable bonds is 1. The zero-order valence-electron chi connectivity index (χ0n) is 3.42. The number of carbonyl (C=O) groups excluding carboxylic acids is 1. The van der Waals surface area contributed by atoms with Gasteiger partial charge in [0.25, 0.3) is 0 Å². The van der Waals surface area contributed by atoms with Crippen molar-refractivity contribution in [2.45, 2.75) is 0 Å². The Kier molecular flexibility index (Phi) is 40.8. The first-order chi connectivity index (χ1) is 2.91. The number of hydrogen-bond acceptors (Lipinski definition) is 3. The maximum Gasteiger partial charge on any atom is 0.142 e. The predicted octanol–water partition coefficient (Wildman–Crippen LogP) is -0.810. The third-order valence-corrected chi connectivity index (χ3v) is 0.0962. The second kappa shape index (κ2) is 27.1. The monoisotopic (exact) mass is 88.1 g/mol. The van der Waals surface area contributed by atoms with Gasteiger partial charge in [0.15, 0.2) is 0 Å². The van der Waals surface area contributed by atoms with Crippen LogP contribution in [0.4, 0.5) is 0 Å². The molecule has 0 fully saturated rings. The molecule has 0 bridgehead atoms. The molecule has 0 atom stereocenters. The fourth-order valence-electron chi connectivity index (χ4n) is 0. The van der Waals surface area contributed by atoms with Gasteiger partial charge in [0.1, 0.15) is 6.29 Å². The lowest BCUT2D eigenvalue weighted by Crippen LogP contribution is -2.02. The van der Waals surface area contributed by atoms with Gasteiger partial charge >= 0.3 is 0 Å². The molecule has 0 rings (SSSR count). The van der Waals surface area contributed by atoms with Crippen molar-refractivity contribution >= 4 is 6.29 Å². The van der Waals surface area contributed by atoms with Crippen LogP contribution in [0.15, 0.2) is 12.7 Å². The van der Waals surface area contributed by atoms with Crippen LogP contribution in [0.2, 0.25) is 0 Å². The standard InChI is InChI=1S/C3H4O.H4N2/c1-2-3-4;1-2/h2-3H,1H2;1-2H2. The van der Waals surface area contributed by atoms with E-state index < -0.39 is 0 Å². The van der Waals surface area contributed by atoms with Crippen LogP contribution in [0.5, 0.6) is 0 Å². The molecule has 3 heteroatoms. The van der Waals surface area contributed by atoms with E-state index in [1.54, 1.807) is 0 Å². The largest absolute Gasteiger partial charge is 0.299 e. The van der Waals surface area contributed by atoms with Gasteiger partial charge in [-0.15, -0.1) is 0 Å². The molecule has 4 N–H and O–H groups in total. The molecule has 0 aromatic carbocycles. The van der Waals surface area contributed by atoms with E-state index in [4.69, 9.17) is 4.79 Å². The topological polar surface area (TPSA) is 69.1 Å². The maximum absolute atomic E-state index is 9.06. The molecule has 6 heavy (non-hydrogen) atoms. The number of hydrogen-bond donors (Lipinski definition) is 2. The van der Waals surface area contributed by atoms with Crippen LogP contribution in [0.1, 0.15) is 0 Å². The Morgan fingerprint density at radius 2 is 1.67 bits per heavy atom. The van der Waals surface area contributed by atoms with Gasteiger partial charge in [0, 0.05) is 0 Å². The molecule has 0 spiro atoms. The number of carbonyl (C=O) groups is 1. The normalized spacial score (nSPS) is 4.33. The summed E-state index contributed by atoms with van der Waals surface area (Å²) in [6.07, 6.45) is 1.83. The van der Waals surface area contributed by atoms with Gasteiger partial charge in [-0.2, -0.15) is 0 Å². The Balaban J connectivity index is 0. The Morgan fingerprint density at radius 3 is 1.67 bits per heavy atom. The van der Waals surface area contributed by atoms with Gasteiger partial charge in [0.2, 0.25) is 0 Å². The molecule has 0 aromatic heterocycles. The van der Waals surface area contributed by atoms with E-state index in [1.807, 2.05) is 0 Å². The second-order valence-electron chi connectivity index (χ2n) is 0.372. The highest BCUT2D eigenvalue weighted by atomic mass is 16.1. The molecule has 0 amide bonds. The van der Waals surface area contributed by atoms with Crippen LogP contribution >= 0.6 is 0 Å². The highest BCUT2D eigenvalue weighted by Crippen LogP contribution is 1.35. The number of aldehydes is 1. The molecule has 0 aliphatic heterocycles. The summed E-state index contributed by atoms with van der Waals surface area (Å²) in [6.45, 7) is 3.11. The molecule has 0 unspecified atom stereocenters. The van der Waals surface area contributed by atoms with Crippen molar-refractivity contribution in [3.05, 3.63) is 12.7 Å². The van der Waals surface area contributed by atoms with Crippen molar-refractivity contribution in [3.8, 4) is 0 Å². The van der Waals surface area contributed by atoms with E-state index in [2.05, 4.69) is 18.3 Å². The van der Waals surface area contributed by atoms with Gasteiger partial charge in [-0.05, 0) is 6.08 Å². The highest BCUT2D eigenvalue weighted by molar-refractivity contribution is 5.63. The molecule has 0 radical (unpaired) electrons. The first-order valence-corrected chi connectivity index (χ1v) is 1.31. The summed E-state index contributed by atoms with van der Waals surface area (Å²) in [7, 11) is 0. The van der Waals surface area contributed by atoms with Crippen molar-refractivity contribution in [1.82, 2.24) is 0 Å². The van der Waals surface area contributed by atoms with E-state index in [0.29, 0.717) is 6.29 Å². The zero-order valence-corrected chi connectivity index (χ0v) is 3.42. The SMILES string of the molecule is C=CC=O.NN. The number of nitrogens with two attached hydrogens (primary N) is 2. The number of allylic oxidation sites excluding steroid dienone is 1. The summed E-state index contributed by atoms with van der Waals surface area (Å²) >= 11 is 0. The minimum Gasteiger partial charge on any atom is -0.299 e. The van der Waals surface area contributed by atoms with Crippen molar-refractivity contribution in [2.24, 2.45) is 11.7 Å². The fourth-order valence-corrected chi connectivity index (χ4v) is 0. The fraction of sp³-hybridized carbons (Fsp3) is 0. The summed E-state index contributed by atoms with van der Waals surface area (Å²) in [5, 5.41) is 0. The first kappa shape index (κ1) is 9.01. The molecular weight excluding hydrogens is 80.0 g/mol. The van der Waals surface area contributed by atoms with Gasteiger partial charge in [-0.25, -0.2) is 0 Å². The average Bonchev–Trinajstić information content (AvgIpc) is 1.72. The van der Waals surface area contributed by atoms with Crippen molar-refractivity contribution in [2.75, 3.05) is 0 Å². The molecule has 0 aliphatic rings. The van der Waals surface area contributed by atoms with Gasteiger partial charge in [-0.3, -0.25) is 16.5 Å². The van der Waals surface area contributed by atoms with Gasteiger partial charge in [0.05, 0.1) is 0 Å². The summed E-state index contributed by atoms with van der Waals surface area (Å²) < 4.78 is 0. The van der Waals surface area contributed by atoms with Crippen LogP contribution in [0, 0.1) is 0 Å². The smallest absolute Gasteiger partial charge is 0.142 e. The van der Waals surface area contributed by atoms with Crippen LogP contribution in [0.25, 0.3) is 0 Å². The van der Waals surface area contributed by atoms with Gasteiger partial charge < -0.3 is 0 Å². The third-order valence-electron chi connectivity index (χ3n) is 0.0962. The second-order valence-corrected chi connectivity index (χ2v) is 0.372. The maximum atomic E-state index is 9.06. The quantitative estimate of drug-likeness (QED) is 0.190. The van der Waals surface area contributed by atoms with Gasteiger partial charge in [-0.1, -0.05) is 6.58 Å². The van der Waals surface area contributed by atoms with Crippen molar-refractivity contribution < 1.29 is 4.79 Å². The molecule has 0 saturated carbocycles. The van der Waals surface area contributed by atoms with E-state index >= 15 is 0 Å². The Morgan fingerprint density at radius 1 is 1.50 bits per heavy atom. The predicted molar refractivity (Wildman–Crippen MR) is 24.6 cm³/mol. The first-order valence-electron chi connectivity index (χ1n) is 1.31. The molecule has 36 valence electrons. The highest BCUT2D eigenvalue weighted by Gasteiger charge is 1.38. The third kappa shape index (κ3) is 166. The van der Waals surface area contributed by atoms with Crippen LogP contribution in [-0.4, -0.2) is 6.29 Å². The zero-order chi connectivity index (χ0) is 5.41. The van der Waals surface area contributed by atoms with Crippen molar-refractivity contribution in [1.29, 1.82) is 0 Å². The van der Waals surface area contributed by atoms with E-state index in [1.165, 1.54) is 6.08 Å². The molecule has 0 aromatic rings. The molecule has 3 nitrogen and oxygen atoms in total. The lowest BCUT2D eigenvalue weighted by atomic mass is 10.8. The molecule has 0 aliphatic carbocycles. The summed E-state index contributed by atoms with van der Waals surface area (Å²) in [4.78, 5) is 9.06. The summed E-state index contributed by atoms with van der Waals surface area (Å²) in [5.41, 5.74) is 0. The van der Waals surface area contributed by atoms with E-state index in [0.717, 1.165) is 0 Å². The van der Waals surface area contributed by atoms with Crippen LogP contribution in [0.3, 0.4) is 0 Å². The Bertz CT molecular complexity index is 29.8. The van der Waals surface area contributed by atoms with Crippen molar-refractivity contribution in [3.63, 3.8) is 0 Å². The Labute approximate surface area is 36.6 Å². The number of hydrazine groups is 1. The molecular formula is C3H8N2O. The van der Waals surface area contributed by atoms with Crippen LogP contribution < -0.4 is 11.7 Å². The summed E-state index contributed by atoms with van der Waals surface area (Å²) in [5.74, 6) is 8.00.